The van der Waals surface area contributed by atoms with Crippen LogP contribution in [0.3, 0.4) is 0 Å². The van der Waals surface area contributed by atoms with E-state index in [1.807, 2.05) is 13.8 Å². The molecule has 0 aliphatic heterocycles. The summed E-state index contributed by atoms with van der Waals surface area (Å²) in [5, 5.41) is 0. The van der Waals surface area contributed by atoms with Gasteiger partial charge in [-0.25, -0.2) is 0 Å². The third-order valence-electron chi connectivity index (χ3n) is 2.50. The molecule has 0 heterocycles. The highest BCUT2D eigenvalue weighted by molar-refractivity contribution is 4.72. The molecule has 0 spiro atoms. The molecule has 0 aromatic carbocycles. The Balaban J connectivity index is 0. The van der Waals surface area contributed by atoms with E-state index in [9.17, 15) is 0 Å². The molecule has 0 saturated heterocycles. The Kier molecular flexibility index (Phi) is 16.7. The number of terminal acetylenes is 1. The van der Waals surface area contributed by atoms with E-state index in [4.69, 9.17) is 0 Å². The topological polar surface area (TPSA) is 0 Å². The minimum atomic E-state index is 1.03. The van der Waals surface area contributed by atoms with Crippen LogP contribution in [0.4, 0.5) is 0 Å². The minimum Gasteiger partial charge on any atom is -0.124 e. The molecule has 0 nitrogen and oxygen atoms in total. The molecular formula is C14H26. The fraction of sp³-hybridized carbons (Fsp3) is 0.714. The predicted molar refractivity (Wildman–Crippen MR) is 67.2 cm³/mol. The average molecular weight is 194 g/mol. The molecule has 82 valence electrons. The molecule has 1 aliphatic rings. The molecule has 0 aromatic rings. The highest BCUT2D eigenvalue weighted by Gasteiger charge is 2.11. The first-order valence-electron chi connectivity index (χ1n) is 5.87. The van der Waals surface area contributed by atoms with Gasteiger partial charge in [-0.1, -0.05) is 52.0 Å². The zero-order valence-corrected chi connectivity index (χ0v) is 9.97. The number of allylic oxidation sites excluding steroid dienone is 1. The van der Waals surface area contributed by atoms with Crippen LogP contribution in [0.15, 0.2) is 12.7 Å². The van der Waals surface area contributed by atoms with Crippen LogP contribution < -0.4 is 0 Å². The first kappa shape index (κ1) is 15.8. The van der Waals surface area contributed by atoms with Crippen molar-refractivity contribution in [2.75, 3.05) is 0 Å². The Hall–Kier alpha value is -0.700. The van der Waals surface area contributed by atoms with Crippen molar-refractivity contribution in [1.82, 2.24) is 0 Å². The van der Waals surface area contributed by atoms with E-state index in [2.05, 4.69) is 25.5 Å². The molecule has 1 saturated carbocycles. The highest BCUT2D eigenvalue weighted by Crippen LogP contribution is 2.27. The molecule has 0 atom stereocenters. The monoisotopic (exact) mass is 194 g/mol. The maximum absolute atomic E-state index is 4.00. The Morgan fingerprint density at radius 1 is 1.14 bits per heavy atom. The molecule has 0 unspecified atom stereocenters. The van der Waals surface area contributed by atoms with Crippen molar-refractivity contribution in [1.29, 1.82) is 0 Å². The molecule has 0 heteroatoms. The first-order chi connectivity index (χ1) is 6.93. The molecule has 0 N–H and O–H groups in total. The van der Waals surface area contributed by atoms with Crippen molar-refractivity contribution in [2.45, 2.75) is 58.8 Å². The Bertz CT molecular complexity index is 115. The maximum atomic E-state index is 4.00. The van der Waals surface area contributed by atoms with E-state index >= 15 is 0 Å². The van der Waals surface area contributed by atoms with Gasteiger partial charge in [-0.15, -0.1) is 19.4 Å². The van der Waals surface area contributed by atoms with E-state index in [0.29, 0.717) is 0 Å². The molecule has 1 fully saturated rings. The number of rotatable bonds is 3. The lowest BCUT2D eigenvalue weighted by Crippen LogP contribution is -2.05. The van der Waals surface area contributed by atoms with Crippen molar-refractivity contribution < 1.29 is 0 Å². The number of hydrogen-bond donors (Lipinski definition) is 0. The number of hydrogen-bond acceptors (Lipinski definition) is 0. The van der Waals surface area contributed by atoms with Crippen molar-refractivity contribution in [2.24, 2.45) is 5.92 Å². The zero-order valence-electron chi connectivity index (χ0n) is 9.97. The van der Waals surface area contributed by atoms with E-state index in [0.717, 1.165) is 5.92 Å². The van der Waals surface area contributed by atoms with E-state index in [-0.39, 0.29) is 0 Å². The summed E-state index contributed by atoms with van der Waals surface area (Å²) in [5.41, 5.74) is 0. The summed E-state index contributed by atoms with van der Waals surface area (Å²) in [7, 11) is 0. The second kappa shape index (κ2) is 14.8. The smallest absolute Gasteiger partial charge is 0.0351 e. The lowest BCUT2D eigenvalue weighted by atomic mass is 9.86. The fourth-order valence-corrected chi connectivity index (χ4v) is 1.83. The van der Waals surface area contributed by atoms with Crippen LogP contribution in [-0.2, 0) is 0 Å². The van der Waals surface area contributed by atoms with Gasteiger partial charge in [0.1, 0.15) is 0 Å². The third-order valence-corrected chi connectivity index (χ3v) is 2.50. The van der Waals surface area contributed by atoms with Crippen LogP contribution in [0.25, 0.3) is 0 Å². The van der Waals surface area contributed by atoms with Crippen LogP contribution in [0.1, 0.15) is 58.8 Å². The summed E-state index contributed by atoms with van der Waals surface area (Å²) >= 11 is 0. The molecule has 0 amide bonds. The average Bonchev–Trinajstić information content (AvgIpc) is 2.33. The van der Waals surface area contributed by atoms with Crippen molar-refractivity contribution in [3.63, 3.8) is 0 Å². The van der Waals surface area contributed by atoms with E-state index < -0.39 is 0 Å². The van der Waals surface area contributed by atoms with Gasteiger partial charge in [0, 0.05) is 0 Å². The Labute approximate surface area is 90.8 Å². The van der Waals surface area contributed by atoms with E-state index in [1.54, 1.807) is 0 Å². The van der Waals surface area contributed by atoms with Crippen molar-refractivity contribution in [3.05, 3.63) is 12.7 Å². The van der Waals surface area contributed by atoms with Gasteiger partial charge in [-0.3, -0.25) is 0 Å². The molecule has 1 aliphatic carbocycles. The van der Waals surface area contributed by atoms with Gasteiger partial charge in [0.05, 0.1) is 0 Å². The largest absolute Gasteiger partial charge is 0.124 e. The van der Waals surface area contributed by atoms with Gasteiger partial charge in [-0.2, -0.15) is 0 Å². The molecule has 1 rings (SSSR count). The quantitative estimate of drug-likeness (QED) is 0.447. The molecular weight excluding hydrogens is 168 g/mol. The van der Waals surface area contributed by atoms with Gasteiger partial charge in [0.25, 0.3) is 0 Å². The van der Waals surface area contributed by atoms with Gasteiger partial charge in [0.15, 0.2) is 0 Å². The zero-order chi connectivity index (χ0) is 11.2. The normalized spacial score (nSPS) is 15.4. The lowest BCUT2D eigenvalue weighted by molar-refractivity contribution is 0.341. The summed E-state index contributed by atoms with van der Waals surface area (Å²) in [6.07, 6.45) is 20.1. The summed E-state index contributed by atoms with van der Waals surface area (Å²) in [4.78, 5) is 0. The Morgan fingerprint density at radius 3 is 2.07 bits per heavy atom. The molecule has 0 aromatic heterocycles. The second-order valence-electron chi connectivity index (χ2n) is 3.37. The molecule has 14 heavy (non-hydrogen) atoms. The molecule has 0 radical (unpaired) electrons. The van der Waals surface area contributed by atoms with Crippen LogP contribution in [0.5, 0.6) is 0 Å². The highest BCUT2D eigenvalue weighted by atomic mass is 14.2. The van der Waals surface area contributed by atoms with Gasteiger partial charge < -0.3 is 0 Å². The summed E-state index contributed by atoms with van der Waals surface area (Å²) in [6.45, 7) is 7.75. The summed E-state index contributed by atoms with van der Waals surface area (Å²) < 4.78 is 0. The summed E-state index contributed by atoms with van der Waals surface area (Å²) in [5.74, 6) is 1.03. The van der Waals surface area contributed by atoms with E-state index in [1.165, 1.54) is 44.9 Å². The minimum absolute atomic E-state index is 1.03. The van der Waals surface area contributed by atoms with Crippen LogP contribution in [0, 0.1) is 18.8 Å². The lowest BCUT2D eigenvalue weighted by Gasteiger charge is -2.20. The molecule has 0 bridgehead atoms. The fourth-order valence-electron chi connectivity index (χ4n) is 1.83. The van der Waals surface area contributed by atoms with Crippen LogP contribution in [0.2, 0.25) is 0 Å². The van der Waals surface area contributed by atoms with Gasteiger partial charge >= 0.3 is 0 Å². The maximum Gasteiger partial charge on any atom is -0.0351 e. The predicted octanol–water partition coefficient (Wildman–Crippen LogP) is 4.81. The standard InChI is InChI=1S/C10H18.C2H6.C2H2/c1-2-3-7-10-8-5-4-6-9-10;2*1-2/h2,10H,1,3-9H2;1-2H3;1-2H. The van der Waals surface area contributed by atoms with Crippen molar-refractivity contribution >= 4 is 0 Å². The van der Waals surface area contributed by atoms with Gasteiger partial charge in [-0.05, 0) is 18.8 Å². The SMILES string of the molecule is C#C.C=CCCC1CCCCC1.CC. The van der Waals surface area contributed by atoms with Crippen molar-refractivity contribution in [3.8, 4) is 12.8 Å². The summed E-state index contributed by atoms with van der Waals surface area (Å²) in [6, 6.07) is 0. The van der Waals surface area contributed by atoms with Crippen LogP contribution in [-0.4, -0.2) is 0 Å². The third kappa shape index (κ3) is 9.39. The van der Waals surface area contributed by atoms with Gasteiger partial charge in [0.2, 0.25) is 0 Å². The second-order valence-corrected chi connectivity index (χ2v) is 3.37. The first-order valence-corrected chi connectivity index (χ1v) is 5.87. The Morgan fingerprint density at radius 2 is 1.64 bits per heavy atom. The van der Waals surface area contributed by atoms with Crippen LogP contribution >= 0.6 is 0 Å².